The molecule has 0 spiro atoms. The molecule has 0 aliphatic heterocycles. The first-order chi connectivity index (χ1) is 9.11. The summed E-state index contributed by atoms with van der Waals surface area (Å²) < 4.78 is 7.66. The zero-order valence-corrected chi connectivity index (χ0v) is 11.6. The lowest BCUT2D eigenvalue weighted by molar-refractivity contribution is 0.283. The maximum Gasteiger partial charge on any atom is 0.164 e. The Hall–Kier alpha value is -1.88. The van der Waals surface area contributed by atoms with E-state index in [0.29, 0.717) is 6.61 Å². The van der Waals surface area contributed by atoms with Crippen LogP contribution in [0.2, 0.25) is 0 Å². The van der Waals surface area contributed by atoms with Crippen molar-refractivity contribution in [2.75, 3.05) is 0 Å². The number of benzene rings is 1. The summed E-state index contributed by atoms with van der Waals surface area (Å²) in [7, 11) is 0. The molecule has 1 aromatic carbocycles. The second-order valence-electron chi connectivity index (χ2n) is 4.61. The zero-order chi connectivity index (χ0) is 13.8. The van der Waals surface area contributed by atoms with Gasteiger partial charge in [-0.1, -0.05) is 17.7 Å². The van der Waals surface area contributed by atoms with Crippen molar-refractivity contribution in [3.8, 4) is 5.75 Å². The van der Waals surface area contributed by atoms with Gasteiger partial charge in [0.25, 0.3) is 0 Å². The van der Waals surface area contributed by atoms with Gasteiger partial charge in [0.2, 0.25) is 0 Å². The molecule has 2 N–H and O–H groups in total. The van der Waals surface area contributed by atoms with E-state index in [9.17, 15) is 0 Å². The fraction of sp³-hybridized carbons (Fsp3) is 0.429. The first-order valence-electron chi connectivity index (χ1n) is 6.47. The minimum absolute atomic E-state index is 0.0565. The number of nitrogens with two attached hydrogens (primary N) is 1. The van der Waals surface area contributed by atoms with Crippen LogP contribution in [0.3, 0.4) is 0 Å². The molecule has 5 heteroatoms. The van der Waals surface area contributed by atoms with Crippen molar-refractivity contribution in [1.82, 2.24) is 14.8 Å². The third-order valence-electron chi connectivity index (χ3n) is 3.01. The zero-order valence-electron chi connectivity index (χ0n) is 11.6. The summed E-state index contributed by atoms with van der Waals surface area (Å²) in [5.41, 5.74) is 8.17. The topological polar surface area (TPSA) is 66.0 Å². The summed E-state index contributed by atoms with van der Waals surface area (Å²) >= 11 is 0. The Balaban J connectivity index is 2.15. The van der Waals surface area contributed by atoms with Crippen LogP contribution in [0.25, 0.3) is 0 Å². The molecule has 0 radical (unpaired) electrons. The van der Waals surface area contributed by atoms with Gasteiger partial charge in [-0.3, -0.25) is 0 Å². The first kappa shape index (κ1) is 13.5. The summed E-state index contributed by atoms with van der Waals surface area (Å²) in [6.45, 7) is 7.21. The molecule has 0 unspecified atom stereocenters. The molecule has 0 bridgehead atoms. The van der Waals surface area contributed by atoms with E-state index in [-0.39, 0.29) is 6.04 Å². The summed E-state index contributed by atoms with van der Waals surface area (Å²) in [5.74, 6) is 1.63. The molecule has 2 rings (SSSR count). The molecule has 5 nitrogen and oxygen atoms in total. The van der Waals surface area contributed by atoms with Crippen LogP contribution in [0.4, 0.5) is 0 Å². The van der Waals surface area contributed by atoms with Gasteiger partial charge in [-0.05, 0) is 26.8 Å². The van der Waals surface area contributed by atoms with E-state index in [1.54, 1.807) is 6.33 Å². The molecule has 1 aromatic heterocycles. The van der Waals surface area contributed by atoms with Crippen LogP contribution in [0, 0.1) is 6.92 Å². The summed E-state index contributed by atoms with van der Waals surface area (Å²) in [5, 5.41) is 4.12. The number of rotatable bonds is 5. The summed E-state index contributed by atoms with van der Waals surface area (Å²) in [6.07, 6.45) is 1.55. The third-order valence-corrected chi connectivity index (χ3v) is 3.01. The molecule has 2 aromatic rings. The molecular formula is C14H20N4O. The van der Waals surface area contributed by atoms with Crippen molar-refractivity contribution in [3.63, 3.8) is 0 Å². The van der Waals surface area contributed by atoms with Gasteiger partial charge in [0.05, 0.1) is 0 Å². The van der Waals surface area contributed by atoms with Crippen molar-refractivity contribution in [2.45, 2.75) is 40.0 Å². The van der Waals surface area contributed by atoms with Crippen molar-refractivity contribution in [2.24, 2.45) is 5.73 Å². The number of hydrogen-bond donors (Lipinski definition) is 1. The molecular weight excluding hydrogens is 240 g/mol. The number of ether oxygens (including phenoxy) is 1. The van der Waals surface area contributed by atoms with Crippen LogP contribution in [0.15, 0.2) is 24.5 Å². The lowest BCUT2D eigenvalue weighted by Gasteiger charge is -2.14. The van der Waals surface area contributed by atoms with E-state index in [0.717, 1.165) is 23.7 Å². The minimum atomic E-state index is -0.0565. The highest BCUT2D eigenvalue weighted by Gasteiger charge is 2.10. The van der Waals surface area contributed by atoms with Crippen molar-refractivity contribution < 1.29 is 4.74 Å². The standard InChI is InChI=1S/C14H20N4O/c1-4-18-14(16-9-17-18)8-19-13-6-5-10(2)7-12(13)11(3)15/h5-7,9,11H,4,8,15H2,1-3H3/t11-/m0/s1. The van der Waals surface area contributed by atoms with E-state index >= 15 is 0 Å². The van der Waals surface area contributed by atoms with Crippen LogP contribution < -0.4 is 10.5 Å². The molecule has 0 fully saturated rings. The second-order valence-corrected chi connectivity index (χ2v) is 4.61. The van der Waals surface area contributed by atoms with Crippen LogP contribution in [-0.2, 0) is 13.2 Å². The quantitative estimate of drug-likeness (QED) is 0.895. The van der Waals surface area contributed by atoms with Gasteiger partial charge >= 0.3 is 0 Å². The maximum atomic E-state index is 5.98. The molecule has 0 saturated heterocycles. The lowest BCUT2D eigenvalue weighted by Crippen LogP contribution is -2.11. The Bertz CT molecular complexity index is 548. The Kier molecular flexibility index (Phi) is 4.16. The fourth-order valence-electron chi connectivity index (χ4n) is 1.96. The van der Waals surface area contributed by atoms with Crippen LogP contribution >= 0.6 is 0 Å². The number of nitrogens with zero attached hydrogens (tertiary/aromatic N) is 3. The smallest absolute Gasteiger partial charge is 0.164 e. The molecule has 0 amide bonds. The van der Waals surface area contributed by atoms with Crippen LogP contribution in [0.1, 0.15) is 36.8 Å². The van der Waals surface area contributed by atoms with Crippen molar-refractivity contribution >= 4 is 0 Å². The first-order valence-corrected chi connectivity index (χ1v) is 6.47. The Labute approximate surface area is 113 Å². The van der Waals surface area contributed by atoms with Crippen LogP contribution in [-0.4, -0.2) is 14.8 Å². The van der Waals surface area contributed by atoms with E-state index < -0.39 is 0 Å². The van der Waals surface area contributed by atoms with Crippen molar-refractivity contribution in [1.29, 1.82) is 0 Å². The second kappa shape index (κ2) is 5.84. The minimum Gasteiger partial charge on any atom is -0.485 e. The predicted octanol–water partition coefficient (Wildman–Crippen LogP) is 2.21. The molecule has 0 saturated carbocycles. The van der Waals surface area contributed by atoms with Gasteiger partial charge in [0.15, 0.2) is 5.82 Å². The Morgan fingerprint density at radius 3 is 2.89 bits per heavy atom. The molecule has 1 heterocycles. The average molecular weight is 260 g/mol. The van der Waals surface area contributed by atoms with Gasteiger partial charge < -0.3 is 10.5 Å². The predicted molar refractivity (Wildman–Crippen MR) is 73.8 cm³/mol. The summed E-state index contributed by atoms with van der Waals surface area (Å²) in [4.78, 5) is 4.19. The summed E-state index contributed by atoms with van der Waals surface area (Å²) in [6, 6.07) is 5.98. The monoisotopic (exact) mass is 260 g/mol. The van der Waals surface area contributed by atoms with Crippen molar-refractivity contribution in [3.05, 3.63) is 41.5 Å². The molecule has 0 aliphatic carbocycles. The Morgan fingerprint density at radius 1 is 1.42 bits per heavy atom. The van der Waals surface area contributed by atoms with Gasteiger partial charge in [0.1, 0.15) is 18.7 Å². The molecule has 19 heavy (non-hydrogen) atoms. The van der Waals surface area contributed by atoms with E-state index in [1.165, 1.54) is 5.56 Å². The normalized spacial score (nSPS) is 12.4. The van der Waals surface area contributed by atoms with Gasteiger partial charge in [-0.25, -0.2) is 9.67 Å². The highest BCUT2D eigenvalue weighted by atomic mass is 16.5. The molecule has 1 atom stereocenters. The molecule has 102 valence electrons. The SMILES string of the molecule is CCn1ncnc1COc1ccc(C)cc1[C@H](C)N. The largest absolute Gasteiger partial charge is 0.485 e. The lowest BCUT2D eigenvalue weighted by atomic mass is 10.1. The highest BCUT2D eigenvalue weighted by molar-refractivity contribution is 5.38. The van der Waals surface area contributed by atoms with E-state index in [4.69, 9.17) is 10.5 Å². The fourth-order valence-corrected chi connectivity index (χ4v) is 1.96. The average Bonchev–Trinajstić information content (AvgIpc) is 2.84. The molecule has 0 aliphatic rings. The van der Waals surface area contributed by atoms with Gasteiger partial charge in [-0.2, -0.15) is 5.10 Å². The highest BCUT2D eigenvalue weighted by Crippen LogP contribution is 2.25. The third kappa shape index (κ3) is 3.12. The van der Waals surface area contributed by atoms with E-state index in [2.05, 4.69) is 16.1 Å². The number of aryl methyl sites for hydroxylation is 2. The van der Waals surface area contributed by atoms with Gasteiger partial charge in [0, 0.05) is 18.2 Å². The number of hydrogen-bond acceptors (Lipinski definition) is 4. The number of aromatic nitrogens is 3. The van der Waals surface area contributed by atoms with E-state index in [1.807, 2.05) is 37.6 Å². The maximum absolute atomic E-state index is 5.98. The Morgan fingerprint density at radius 2 is 2.21 bits per heavy atom. The van der Waals surface area contributed by atoms with Crippen LogP contribution in [0.5, 0.6) is 5.75 Å². The van der Waals surface area contributed by atoms with Gasteiger partial charge in [-0.15, -0.1) is 0 Å².